The van der Waals surface area contributed by atoms with Crippen LogP contribution in [0.5, 0.6) is 5.75 Å². The minimum Gasteiger partial charge on any atom is -0.493 e. The Morgan fingerprint density at radius 3 is 2.80 bits per heavy atom. The number of aliphatic hydroxyl groups is 1. The van der Waals surface area contributed by atoms with Gasteiger partial charge in [-0.2, -0.15) is 0 Å². The first-order valence-electron chi connectivity index (χ1n) is 10.1. The zero-order valence-electron chi connectivity index (χ0n) is 15.3. The molecule has 4 rings (SSSR count). The maximum absolute atomic E-state index is 10.7. The van der Waals surface area contributed by atoms with E-state index < -0.39 is 5.60 Å². The van der Waals surface area contributed by atoms with E-state index in [1.807, 2.05) is 0 Å². The molecule has 138 valence electrons. The van der Waals surface area contributed by atoms with Gasteiger partial charge in [-0.05, 0) is 93.8 Å². The molecule has 1 aromatic rings. The Labute approximate surface area is 151 Å². The SMILES string of the molecule is O[C@@]1(CN2CCC(COc3ccc4c(c3)CCC4)CC2)CCCNC1. The standard InChI is InChI=1S/C21H32N2O2/c24-21(9-2-10-22-15-21)16-23-11-7-17(8-12-23)14-25-20-6-5-18-3-1-4-19(18)13-20/h5-6,13,17,22,24H,1-4,7-12,14-16H2/t21-/m0/s1. The molecule has 0 spiro atoms. The number of likely N-dealkylation sites (tertiary alicyclic amines) is 1. The Morgan fingerprint density at radius 1 is 1.16 bits per heavy atom. The van der Waals surface area contributed by atoms with E-state index in [2.05, 4.69) is 28.4 Å². The van der Waals surface area contributed by atoms with Gasteiger partial charge in [0.1, 0.15) is 5.75 Å². The van der Waals surface area contributed by atoms with Crippen molar-refractivity contribution < 1.29 is 9.84 Å². The lowest BCUT2D eigenvalue weighted by atomic mass is 9.91. The van der Waals surface area contributed by atoms with E-state index in [1.54, 1.807) is 0 Å². The van der Waals surface area contributed by atoms with Gasteiger partial charge in [0.15, 0.2) is 0 Å². The van der Waals surface area contributed by atoms with Crippen molar-refractivity contribution in [2.45, 2.75) is 50.5 Å². The number of nitrogens with one attached hydrogen (secondary N) is 1. The Hall–Kier alpha value is -1.10. The van der Waals surface area contributed by atoms with E-state index in [-0.39, 0.29) is 0 Å². The molecule has 2 fully saturated rings. The van der Waals surface area contributed by atoms with Gasteiger partial charge in [0.25, 0.3) is 0 Å². The molecule has 0 unspecified atom stereocenters. The maximum atomic E-state index is 10.7. The summed E-state index contributed by atoms with van der Waals surface area (Å²) >= 11 is 0. The Kier molecular flexibility index (Phi) is 5.30. The molecule has 0 amide bonds. The van der Waals surface area contributed by atoms with Crippen LogP contribution in [0.3, 0.4) is 0 Å². The van der Waals surface area contributed by atoms with E-state index in [0.29, 0.717) is 5.92 Å². The summed E-state index contributed by atoms with van der Waals surface area (Å²) in [6.07, 6.45) is 8.10. The second-order valence-electron chi connectivity index (χ2n) is 8.32. The lowest BCUT2D eigenvalue weighted by molar-refractivity contribution is -0.0238. The molecule has 25 heavy (non-hydrogen) atoms. The zero-order chi connectivity index (χ0) is 17.1. The zero-order valence-corrected chi connectivity index (χ0v) is 15.3. The van der Waals surface area contributed by atoms with Crippen LogP contribution in [0, 0.1) is 5.92 Å². The van der Waals surface area contributed by atoms with Crippen molar-refractivity contribution in [3.63, 3.8) is 0 Å². The maximum Gasteiger partial charge on any atom is 0.119 e. The van der Waals surface area contributed by atoms with Crippen LogP contribution in [-0.4, -0.2) is 54.9 Å². The average Bonchev–Trinajstić information content (AvgIpc) is 3.09. The summed E-state index contributed by atoms with van der Waals surface area (Å²) in [7, 11) is 0. The first-order chi connectivity index (χ1) is 12.2. The molecule has 0 saturated carbocycles. The third-order valence-electron chi connectivity index (χ3n) is 6.23. The fourth-order valence-corrected chi connectivity index (χ4v) is 4.67. The molecular weight excluding hydrogens is 312 g/mol. The molecule has 4 nitrogen and oxygen atoms in total. The number of rotatable bonds is 5. The lowest BCUT2D eigenvalue weighted by Gasteiger charge is -2.40. The molecule has 3 aliphatic rings. The van der Waals surface area contributed by atoms with E-state index in [0.717, 1.165) is 57.9 Å². The second kappa shape index (κ2) is 7.65. The number of β-amino-alcohol motifs (C(OH)–C–C–N with tert-alkyl or cyclic N) is 1. The molecule has 2 N–H and O–H groups in total. The third-order valence-corrected chi connectivity index (χ3v) is 6.23. The van der Waals surface area contributed by atoms with E-state index in [4.69, 9.17) is 4.74 Å². The quantitative estimate of drug-likeness (QED) is 0.861. The highest BCUT2D eigenvalue weighted by Gasteiger charge is 2.32. The molecule has 0 aromatic heterocycles. The van der Waals surface area contributed by atoms with E-state index in [1.165, 1.54) is 43.2 Å². The van der Waals surface area contributed by atoms with Crippen molar-refractivity contribution in [2.24, 2.45) is 5.92 Å². The minimum atomic E-state index is -0.522. The molecular formula is C21H32N2O2. The Morgan fingerprint density at radius 2 is 2.00 bits per heavy atom. The number of aryl methyl sites for hydroxylation is 2. The number of piperidine rings is 2. The van der Waals surface area contributed by atoms with Crippen LogP contribution in [0.25, 0.3) is 0 Å². The summed E-state index contributed by atoms with van der Waals surface area (Å²) < 4.78 is 6.10. The summed E-state index contributed by atoms with van der Waals surface area (Å²) in [6, 6.07) is 6.65. The molecule has 0 radical (unpaired) electrons. The molecule has 1 atom stereocenters. The Bertz CT molecular complexity index is 575. The minimum absolute atomic E-state index is 0.522. The van der Waals surface area contributed by atoms with Crippen LogP contribution in [0.1, 0.15) is 43.2 Å². The highest BCUT2D eigenvalue weighted by atomic mass is 16.5. The van der Waals surface area contributed by atoms with Crippen molar-refractivity contribution in [2.75, 3.05) is 39.3 Å². The van der Waals surface area contributed by atoms with E-state index in [9.17, 15) is 5.11 Å². The fraction of sp³-hybridized carbons (Fsp3) is 0.714. The third kappa shape index (κ3) is 4.36. The molecule has 1 aliphatic carbocycles. The molecule has 4 heteroatoms. The van der Waals surface area contributed by atoms with Crippen LogP contribution in [0.4, 0.5) is 0 Å². The van der Waals surface area contributed by atoms with Gasteiger partial charge >= 0.3 is 0 Å². The van der Waals surface area contributed by atoms with Crippen LogP contribution < -0.4 is 10.1 Å². The first-order valence-corrected chi connectivity index (χ1v) is 10.1. The molecule has 2 saturated heterocycles. The summed E-state index contributed by atoms with van der Waals surface area (Å²) in [6.45, 7) is 5.61. The van der Waals surface area contributed by atoms with Crippen LogP contribution in [0.15, 0.2) is 18.2 Å². The van der Waals surface area contributed by atoms with Crippen molar-refractivity contribution in [3.8, 4) is 5.75 Å². The van der Waals surface area contributed by atoms with Gasteiger partial charge in [-0.3, -0.25) is 0 Å². The number of nitrogens with zero attached hydrogens (tertiary/aromatic N) is 1. The van der Waals surface area contributed by atoms with Crippen LogP contribution in [-0.2, 0) is 12.8 Å². The molecule has 1 aromatic carbocycles. The summed E-state index contributed by atoms with van der Waals surface area (Å²) in [5.74, 6) is 1.69. The molecule has 0 bridgehead atoms. The van der Waals surface area contributed by atoms with Crippen molar-refractivity contribution >= 4 is 0 Å². The molecule has 2 aliphatic heterocycles. The van der Waals surface area contributed by atoms with Crippen molar-refractivity contribution in [3.05, 3.63) is 29.3 Å². The Balaban J connectivity index is 1.21. The monoisotopic (exact) mass is 344 g/mol. The smallest absolute Gasteiger partial charge is 0.119 e. The summed E-state index contributed by atoms with van der Waals surface area (Å²) in [5, 5.41) is 14.0. The fourth-order valence-electron chi connectivity index (χ4n) is 4.67. The van der Waals surface area contributed by atoms with Crippen LogP contribution in [0.2, 0.25) is 0 Å². The first kappa shape index (κ1) is 17.3. The summed E-state index contributed by atoms with van der Waals surface area (Å²) in [5.41, 5.74) is 2.48. The van der Waals surface area contributed by atoms with Gasteiger partial charge in [0, 0.05) is 13.1 Å². The number of benzene rings is 1. The second-order valence-corrected chi connectivity index (χ2v) is 8.32. The number of hydrogen-bond acceptors (Lipinski definition) is 4. The molecule has 2 heterocycles. The normalized spacial score (nSPS) is 28.0. The van der Waals surface area contributed by atoms with Gasteiger partial charge < -0.3 is 20.1 Å². The number of fused-ring (bicyclic) bond motifs is 1. The van der Waals surface area contributed by atoms with Gasteiger partial charge in [0.05, 0.1) is 12.2 Å². The predicted octanol–water partition coefficient (Wildman–Crippen LogP) is 2.38. The average molecular weight is 344 g/mol. The van der Waals surface area contributed by atoms with Gasteiger partial charge in [-0.1, -0.05) is 6.07 Å². The topological polar surface area (TPSA) is 44.7 Å². The van der Waals surface area contributed by atoms with Crippen molar-refractivity contribution in [1.29, 1.82) is 0 Å². The highest BCUT2D eigenvalue weighted by Crippen LogP contribution is 2.27. The highest BCUT2D eigenvalue weighted by molar-refractivity contribution is 5.38. The van der Waals surface area contributed by atoms with Gasteiger partial charge in [0.2, 0.25) is 0 Å². The summed E-state index contributed by atoms with van der Waals surface area (Å²) in [4.78, 5) is 2.44. The van der Waals surface area contributed by atoms with Crippen molar-refractivity contribution in [1.82, 2.24) is 10.2 Å². The number of hydrogen-bond donors (Lipinski definition) is 2. The predicted molar refractivity (Wildman–Crippen MR) is 100 cm³/mol. The van der Waals surface area contributed by atoms with Gasteiger partial charge in [-0.25, -0.2) is 0 Å². The van der Waals surface area contributed by atoms with E-state index >= 15 is 0 Å². The van der Waals surface area contributed by atoms with Crippen LogP contribution >= 0.6 is 0 Å². The van der Waals surface area contributed by atoms with Gasteiger partial charge in [-0.15, -0.1) is 0 Å². The number of ether oxygens (including phenoxy) is 1. The lowest BCUT2D eigenvalue weighted by Crippen LogP contribution is -2.54. The largest absolute Gasteiger partial charge is 0.493 e.